The van der Waals surface area contributed by atoms with Crippen LogP contribution in [0.15, 0.2) is 18.2 Å². The van der Waals surface area contributed by atoms with Gasteiger partial charge in [-0.1, -0.05) is 46.1 Å². The standard InChI is InChI=1S/C12H13BrCl2O/c1-7-4-5-16-12(7)11(13)9-6-8(14)2-3-10(9)15/h2-3,6-7,11-12H,4-5H2,1H3. The molecule has 1 heterocycles. The van der Waals surface area contributed by atoms with Crippen molar-refractivity contribution in [2.24, 2.45) is 5.92 Å². The zero-order chi connectivity index (χ0) is 11.7. The van der Waals surface area contributed by atoms with Crippen molar-refractivity contribution in [3.05, 3.63) is 33.8 Å². The predicted octanol–water partition coefficient (Wildman–Crippen LogP) is 4.85. The zero-order valence-corrected chi connectivity index (χ0v) is 12.0. The minimum absolute atomic E-state index is 0.108. The second-order valence-electron chi connectivity index (χ2n) is 4.17. The molecule has 0 aliphatic carbocycles. The fraction of sp³-hybridized carbons (Fsp3) is 0.500. The highest BCUT2D eigenvalue weighted by Gasteiger charge is 2.32. The van der Waals surface area contributed by atoms with Crippen LogP contribution in [-0.2, 0) is 4.74 Å². The Morgan fingerprint density at radius 3 is 2.81 bits per heavy atom. The van der Waals surface area contributed by atoms with Crippen molar-refractivity contribution < 1.29 is 4.74 Å². The second kappa shape index (κ2) is 5.26. The Bertz CT molecular complexity index is 383. The van der Waals surface area contributed by atoms with Crippen LogP contribution in [0.1, 0.15) is 23.7 Å². The van der Waals surface area contributed by atoms with Crippen LogP contribution in [0.25, 0.3) is 0 Å². The van der Waals surface area contributed by atoms with E-state index in [0.29, 0.717) is 10.9 Å². The van der Waals surface area contributed by atoms with Gasteiger partial charge in [-0.2, -0.15) is 0 Å². The molecule has 3 unspecified atom stereocenters. The largest absolute Gasteiger partial charge is 0.376 e. The molecule has 1 aromatic rings. The third kappa shape index (κ3) is 2.56. The van der Waals surface area contributed by atoms with Crippen LogP contribution in [0, 0.1) is 5.92 Å². The van der Waals surface area contributed by atoms with Crippen molar-refractivity contribution in [1.29, 1.82) is 0 Å². The summed E-state index contributed by atoms with van der Waals surface area (Å²) in [4.78, 5) is 0.108. The quantitative estimate of drug-likeness (QED) is 0.707. The molecule has 16 heavy (non-hydrogen) atoms. The summed E-state index contributed by atoms with van der Waals surface area (Å²) >= 11 is 15.8. The molecule has 0 spiro atoms. The Labute approximate surface area is 114 Å². The third-order valence-electron chi connectivity index (χ3n) is 2.99. The lowest BCUT2D eigenvalue weighted by Gasteiger charge is -2.22. The van der Waals surface area contributed by atoms with E-state index in [1.165, 1.54) is 0 Å². The van der Waals surface area contributed by atoms with Crippen LogP contribution in [0.5, 0.6) is 0 Å². The number of hydrogen-bond donors (Lipinski definition) is 0. The van der Waals surface area contributed by atoms with Gasteiger partial charge >= 0.3 is 0 Å². The first-order valence-electron chi connectivity index (χ1n) is 5.30. The number of benzene rings is 1. The van der Waals surface area contributed by atoms with Crippen LogP contribution >= 0.6 is 39.1 Å². The van der Waals surface area contributed by atoms with Gasteiger partial charge in [0.05, 0.1) is 10.9 Å². The highest BCUT2D eigenvalue weighted by molar-refractivity contribution is 9.09. The molecule has 0 radical (unpaired) electrons. The molecule has 0 aromatic heterocycles. The summed E-state index contributed by atoms with van der Waals surface area (Å²) in [5.41, 5.74) is 1.01. The molecule has 0 amide bonds. The molecular weight excluding hydrogens is 311 g/mol. The van der Waals surface area contributed by atoms with E-state index in [-0.39, 0.29) is 10.9 Å². The van der Waals surface area contributed by atoms with Gasteiger partial charge < -0.3 is 4.74 Å². The molecule has 2 rings (SSSR count). The van der Waals surface area contributed by atoms with E-state index in [1.54, 1.807) is 6.07 Å². The van der Waals surface area contributed by atoms with Crippen LogP contribution in [-0.4, -0.2) is 12.7 Å². The maximum absolute atomic E-state index is 6.17. The van der Waals surface area contributed by atoms with Crippen molar-refractivity contribution in [2.75, 3.05) is 6.61 Å². The van der Waals surface area contributed by atoms with Crippen molar-refractivity contribution in [3.63, 3.8) is 0 Å². The average Bonchev–Trinajstić information content (AvgIpc) is 2.67. The van der Waals surface area contributed by atoms with E-state index < -0.39 is 0 Å². The first-order chi connectivity index (χ1) is 7.59. The minimum atomic E-state index is 0.108. The molecule has 1 aliphatic heterocycles. The zero-order valence-electron chi connectivity index (χ0n) is 8.92. The molecule has 1 aromatic carbocycles. The molecule has 1 saturated heterocycles. The highest BCUT2D eigenvalue weighted by Crippen LogP contribution is 2.40. The van der Waals surface area contributed by atoms with Gasteiger partial charge in [-0.05, 0) is 36.1 Å². The number of ether oxygens (including phenoxy) is 1. The molecule has 88 valence electrons. The Morgan fingerprint density at radius 1 is 1.44 bits per heavy atom. The van der Waals surface area contributed by atoms with Crippen molar-refractivity contribution in [2.45, 2.75) is 24.3 Å². The lowest BCUT2D eigenvalue weighted by molar-refractivity contribution is 0.0935. The van der Waals surface area contributed by atoms with E-state index in [4.69, 9.17) is 27.9 Å². The predicted molar refractivity (Wildman–Crippen MR) is 71.7 cm³/mol. The fourth-order valence-corrected chi connectivity index (χ4v) is 3.59. The molecule has 1 nitrogen and oxygen atoms in total. The molecule has 1 fully saturated rings. The van der Waals surface area contributed by atoms with Gasteiger partial charge in [-0.3, -0.25) is 0 Å². The third-order valence-corrected chi connectivity index (χ3v) is 4.58. The van der Waals surface area contributed by atoms with Crippen molar-refractivity contribution in [1.82, 2.24) is 0 Å². The Hall–Kier alpha value is 0.240. The summed E-state index contributed by atoms with van der Waals surface area (Å²) in [6.07, 6.45) is 1.28. The van der Waals surface area contributed by atoms with Crippen molar-refractivity contribution >= 4 is 39.1 Å². The van der Waals surface area contributed by atoms with Gasteiger partial charge in [0.15, 0.2) is 0 Å². The van der Waals surface area contributed by atoms with Crippen molar-refractivity contribution in [3.8, 4) is 0 Å². The van der Waals surface area contributed by atoms with E-state index in [1.807, 2.05) is 12.1 Å². The van der Waals surface area contributed by atoms with E-state index in [2.05, 4.69) is 22.9 Å². The Morgan fingerprint density at radius 2 is 2.19 bits per heavy atom. The average molecular weight is 324 g/mol. The molecule has 0 saturated carbocycles. The normalized spacial score (nSPS) is 27.0. The summed E-state index contributed by atoms with van der Waals surface area (Å²) in [6, 6.07) is 5.52. The maximum Gasteiger partial charge on any atom is 0.0767 e. The van der Waals surface area contributed by atoms with Crippen LogP contribution in [0.3, 0.4) is 0 Å². The van der Waals surface area contributed by atoms with Gasteiger partial charge in [0, 0.05) is 16.7 Å². The van der Waals surface area contributed by atoms with E-state index >= 15 is 0 Å². The summed E-state index contributed by atoms with van der Waals surface area (Å²) in [6.45, 7) is 3.02. The Balaban J connectivity index is 2.25. The molecule has 0 bridgehead atoms. The van der Waals surface area contributed by atoms with Crippen LogP contribution in [0.2, 0.25) is 10.0 Å². The number of alkyl halides is 1. The molecule has 1 aliphatic rings. The number of hydrogen-bond acceptors (Lipinski definition) is 1. The number of rotatable bonds is 2. The lowest BCUT2D eigenvalue weighted by atomic mass is 9.97. The van der Waals surface area contributed by atoms with Gasteiger partial charge in [-0.25, -0.2) is 0 Å². The van der Waals surface area contributed by atoms with Gasteiger partial charge in [0.1, 0.15) is 0 Å². The summed E-state index contributed by atoms with van der Waals surface area (Å²) < 4.78 is 5.73. The SMILES string of the molecule is CC1CCOC1C(Br)c1cc(Cl)ccc1Cl. The molecular formula is C12H13BrCl2O. The minimum Gasteiger partial charge on any atom is -0.376 e. The lowest BCUT2D eigenvalue weighted by Crippen LogP contribution is -2.19. The van der Waals surface area contributed by atoms with E-state index in [9.17, 15) is 0 Å². The molecule has 0 N–H and O–H groups in total. The second-order valence-corrected chi connectivity index (χ2v) is 6.00. The fourth-order valence-electron chi connectivity index (χ4n) is 1.99. The summed E-state index contributed by atoms with van der Waals surface area (Å²) in [7, 11) is 0. The maximum atomic E-state index is 6.17. The monoisotopic (exact) mass is 322 g/mol. The summed E-state index contributed by atoms with van der Waals surface area (Å²) in [5, 5.41) is 1.43. The van der Waals surface area contributed by atoms with Gasteiger partial charge in [0.2, 0.25) is 0 Å². The smallest absolute Gasteiger partial charge is 0.0767 e. The van der Waals surface area contributed by atoms with Crippen LogP contribution < -0.4 is 0 Å². The van der Waals surface area contributed by atoms with Crippen LogP contribution in [0.4, 0.5) is 0 Å². The molecule has 3 atom stereocenters. The highest BCUT2D eigenvalue weighted by atomic mass is 79.9. The summed E-state index contributed by atoms with van der Waals surface area (Å²) in [5.74, 6) is 0.541. The van der Waals surface area contributed by atoms with E-state index in [0.717, 1.165) is 23.6 Å². The van der Waals surface area contributed by atoms with Gasteiger partial charge in [0.25, 0.3) is 0 Å². The van der Waals surface area contributed by atoms with Gasteiger partial charge in [-0.15, -0.1) is 0 Å². The molecule has 4 heteroatoms. The first-order valence-corrected chi connectivity index (χ1v) is 6.97. The topological polar surface area (TPSA) is 9.23 Å². The Kier molecular flexibility index (Phi) is 4.17. The number of halogens is 3. The first kappa shape index (κ1) is 12.7.